The van der Waals surface area contributed by atoms with Crippen molar-refractivity contribution in [3.63, 3.8) is 0 Å². The normalized spacial score (nSPS) is 40.2. The fourth-order valence-corrected chi connectivity index (χ4v) is 3.73. The maximum atomic E-state index is 8.94. The predicted octanol–water partition coefficient (Wildman–Crippen LogP) is 5.43. The summed E-state index contributed by atoms with van der Waals surface area (Å²) >= 11 is 0. The molecule has 1 nitrogen and oxygen atoms in total. The van der Waals surface area contributed by atoms with Crippen molar-refractivity contribution in [2.75, 3.05) is 0 Å². The highest BCUT2D eigenvalue weighted by Gasteiger charge is 2.35. The van der Waals surface area contributed by atoms with Gasteiger partial charge in [0, 0.05) is 5.48 Å². The topological polar surface area (TPSA) is 23.8 Å². The van der Waals surface area contributed by atoms with Crippen LogP contribution in [0.4, 0.5) is 0 Å². The van der Waals surface area contributed by atoms with Crippen molar-refractivity contribution in [2.45, 2.75) is 51.3 Å². The van der Waals surface area contributed by atoms with Gasteiger partial charge in [-0.2, -0.15) is 5.26 Å². The van der Waals surface area contributed by atoms with E-state index < -0.39 is 18.7 Å². The van der Waals surface area contributed by atoms with Crippen molar-refractivity contribution < 1.29 is 5.48 Å². The number of nitrogens with zero attached hydrogens (tertiary/aromatic N) is 1. The Morgan fingerprint density at radius 2 is 2.00 bits per heavy atom. The largest absolute Gasteiger partial charge is 0.192 e. The first-order valence-electron chi connectivity index (χ1n) is 9.92. The second kappa shape index (κ2) is 6.48. The van der Waals surface area contributed by atoms with Crippen molar-refractivity contribution in [3.8, 4) is 6.07 Å². The number of hydrogen-bond acceptors (Lipinski definition) is 1. The van der Waals surface area contributed by atoms with Crippen molar-refractivity contribution in [1.29, 1.82) is 5.26 Å². The van der Waals surface area contributed by atoms with Gasteiger partial charge in [-0.3, -0.25) is 0 Å². The van der Waals surface area contributed by atoms with E-state index in [4.69, 9.17) is 10.7 Å². The molecule has 1 aromatic carbocycles. The third-order valence-corrected chi connectivity index (χ3v) is 4.87. The SMILES string of the molecule is [2H]C1([2H])CC2CC(c3ccc(C#N)cc3)CCC2C([2H])([2H])C1C=CC. The molecular weight excluding hydrogens is 254 g/mol. The van der Waals surface area contributed by atoms with Gasteiger partial charge in [0.1, 0.15) is 0 Å². The van der Waals surface area contributed by atoms with Crippen LogP contribution in [0.2, 0.25) is 0 Å². The van der Waals surface area contributed by atoms with Crippen LogP contribution in [0.5, 0.6) is 0 Å². The van der Waals surface area contributed by atoms with Crippen LogP contribution in [0.1, 0.15) is 67.9 Å². The number of nitriles is 1. The van der Waals surface area contributed by atoms with Crippen LogP contribution in [0.3, 0.4) is 0 Å². The summed E-state index contributed by atoms with van der Waals surface area (Å²) in [5, 5.41) is 8.94. The van der Waals surface area contributed by atoms with Crippen LogP contribution in [0.15, 0.2) is 36.4 Å². The molecule has 3 rings (SSSR count). The lowest BCUT2D eigenvalue weighted by Crippen LogP contribution is -2.30. The Kier molecular flexibility index (Phi) is 3.15. The minimum absolute atomic E-state index is 0.0703. The Bertz CT molecular complexity index is 687. The molecule has 2 aliphatic carbocycles. The lowest BCUT2D eigenvalue weighted by Gasteiger charge is -2.41. The van der Waals surface area contributed by atoms with E-state index in [1.807, 2.05) is 31.2 Å². The first-order chi connectivity index (χ1) is 11.8. The van der Waals surface area contributed by atoms with Crippen LogP contribution >= 0.6 is 0 Å². The summed E-state index contributed by atoms with van der Waals surface area (Å²) in [5.41, 5.74) is 1.84. The predicted molar refractivity (Wildman–Crippen MR) is 86.9 cm³/mol. The van der Waals surface area contributed by atoms with Gasteiger partial charge in [-0.25, -0.2) is 0 Å². The third kappa shape index (κ3) is 3.21. The second-order valence-corrected chi connectivity index (χ2v) is 6.19. The fourth-order valence-electron chi connectivity index (χ4n) is 3.73. The number of fused-ring (bicyclic) bond motifs is 1. The van der Waals surface area contributed by atoms with Crippen LogP contribution in [-0.2, 0) is 0 Å². The minimum atomic E-state index is -1.51. The molecule has 1 aromatic rings. The van der Waals surface area contributed by atoms with E-state index >= 15 is 0 Å². The highest BCUT2D eigenvalue weighted by Crippen LogP contribution is 2.47. The summed E-state index contributed by atoms with van der Waals surface area (Å²) < 4.78 is 34.1. The van der Waals surface area contributed by atoms with Gasteiger partial charge in [0.2, 0.25) is 0 Å². The summed E-state index contributed by atoms with van der Waals surface area (Å²) in [7, 11) is 0. The molecule has 0 heterocycles. The summed E-state index contributed by atoms with van der Waals surface area (Å²) in [5.74, 6) is -0.343. The summed E-state index contributed by atoms with van der Waals surface area (Å²) in [6.07, 6.45) is 3.48. The first-order valence-corrected chi connectivity index (χ1v) is 7.92. The van der Waals surface area contributed by atoms with E-state index in [2.05, 4.69) is 6.07 Å². The summed E-state index contributed by atoms with van der Waals surface area (Å²) in [6.45, 7) is 1.83. The Morgan fingerprint density at radius 3 is 2.71 bits per heavy atom. The molecule has 0 bridgehead atoms. The molecule has 4 atom stereocenters. The molecule has 1 heteroatoms. The van der Waals surface area contributed by atoms with Gasteiger partial charge >= 0.3 is 0 Å². The molecular formula is C20H25N. The molecule has 0 amide bonds. The molecule has 110 valence electrons. The van der Waals surface area contributed by atoms with Crippen molar-refractivity contribution in [1.82, 2.24) is 0 Å². The average Bonchev–Trinajstić information content (AvgIpc) is 2.58. The Morgan fingerprint density at radius 1 is 1.19 bits per heavy atom. The molecule has 0 N–H and O–H groups in total. The summed E-state index contributed by atoms with van der Waals surface area (Å²) in [6, 6.07) is 9.80. The molecule has 0 saturated heterocycles. The standard InChI is InChI=1S/C20H25N/c1-2-3-15-4-9-20-13-19(11-10-18(20)12-15)17-7-5-16(14-21)6-8-17/h2-3,5-8,15,18-20H,4,9-13H2,1H3/i4D2,12D2. The number of allylic oxidation sites excluding steroid dienone is 2. The third-order valence-electron chi connectivity index (χ3n) is 4.87. The van der Waals surface area contributed by atoms with E-state index in [1.165, 1.54) is 5.56 Å². The smallest absolute Gasteiger partial charge is 0.0991 e. The molecule has 2 fully saturated rings. The van der Waals surface area contributed by atoms with Gasteiger partial charge in [-0.05, 0) is 86.7 Å². The molecule has 0 aromatic heterocycles. The molecule has 4 unspecified atom stereocenters. The van der Waals surface area contributed by atoms with Gasteiger partial charge < -0.3 is 0 Å². The van der Waals surface area contributed by atoms with Gasteiger partial charge in [-0.15, -0.1) is 0 Å². The molecule has 0 spiro atoms. The second-order valence-electron chi connectivity index (χ2n) is 6.19. The average molecular weight is 283 g/mol. The van der Waals surface area contributed by atoms with Crippen LogP contribution in [0.25, 0.3) is 0 Å². The van der Waals surface area contributed by atoms with E-state index in [0.717, 1.165) is 19.3 Å². The zero-order chi connectivity index (χ0) is 18.2. The summed E-state index contributed by atoms with van der Waals surface area (Å²) in [4.78, 5) is 0. The van der Waals surface area contributed by atoms with Gasteiger partial charge in [-0.1, -0.05) is 24.3 Å². The molecule has 0 aliphatic heterocycles. The lowest BCUT2D eigenvalue weighted by atomic mass is 9.64. The van der Waals surface area contributed by atoms with Crippen molar-refractivity contribution >= 4 is 0 Å². The van der Waals surface area contributed by atoms with E-state index in [0.29, 0.717) is 17.9 Å². The van der Waals surface area contributed by atoms with Gasteiger partial charge in [0.25, 0.3) is 0 Å². The zero-order valence-electron chi connectivity index (χ0n) is 16.5. The molecule has 2 aliphatic rings. The zero-order valence-corrected chi connectivity index (χ0v) is 12.5. The van der Waals surface area contributed by atoms with Crippen LogP contribution in [0, 0.1) is 29.1 Å². The highest BCUT2D eigenvalue weighted by atomic mass is 14.4. The maximum Gasteiger partial charge on any atom is 0.0991 e. The Labute approximate surface area is 134 Å². The monoisotopic (exact) mass is 283 g/mol. The van der Waals surface area contributed by atoms with Crippen molar-refractivity contribution in [2.24, 2.45) is 17.8 Å². The number of rotatable bonds is 2. The van der Waals surface area contributed by atoms with Crippen molar-refractivity contribution in [3.05, 3.63) is 47.5 Å². The first kappa shape index (κ1) is 10.2. The number of hydrogen-bond donors (Lipinski definition) is 0. The lowest BCUT2D eigenvalue weighted by molar-refractivity contribution is 0.133. The Balaban J connectivity index is 1.83. The van der Waals surface area contributed by atoms with Crippen LogP contribution < -0.4 is 0 Å². The highest BCUT2D eigenvalue weighted by molar-refractivity contribution is 5.33. The van der Waals surface area contributed by atoms with E-state index in [9.17, 15) is 0 Å². The maximum absolute atomic E-state index is 8.94. The Hall–Kier alpha value is -1.55. The molecule has 0 radical (unpaired) electrons. The fraction of sp³-hybridized carbons (Fsp3) is 0.550. The minimum Gasteiger partial charge on any atom is -0.192 e. The van der Waals surface area contributed by atoms with Crippen LogP contribution in [-0.4, -0.2) is 0 Å². The quantitative estimate of drug-likeness (QED) is 0.663. The molecule has 21 heavy (non-hydrogen) atoms. The van der Waals surface area contributed by atoms with E-state index in [-0.39, 0.29) is 11.8 Å². The van der Waals surface area contributed by atoms with Gasteiger partial charge in [0.05, 0.1) is 11.6 Å². The van der Waals surface area contributed by atoms with E-state index in [1.54, 1.807) is 12.2 Å². The molecule has 2 saturated carbocycles. The van der Waals surface area contributed by atoms with Gasteiger partial charge in [0.15, 0.2) is 0 Å². The number of benzene rings is 1.